The van der Waals surface area contributed by atoms with E-state index in [-0.39, 0.29) is 17.4 Å². The molecule has 2 aliphatic rings. The van der Waals surface area contributed by atoms with Crippen LogP contribution in [0.15, 0.2) is 30.3 Å². The van der Waals surface area contributed by atoms with Crippen molar-refractivity contribution in [3.63, 3.8) is 0 Å². The van der Waals surface area contributed by atoms with Gasteiger partial charge in [-0.1, -0.05) is 49.6 Å². The molecule has 2 aromatic rings. The fourth-order valence-electron chi connectivity index (χ4n) is 4.26. The second-order valence-electron chi connectivity index (χ2n) is 7.71. The van der Waals surface area contributed by atoms with Crippen LogP contribution in [0.5, 0.6) is 0 Å². The number of aryl methyl sites for hydroxylation is 2. The summed E-state index contributed by atoms with van der Waals surface area (Å²) < 4.78 is 26.0. The predicted molar refractivity (Wildman–Crippen MR) is 102 cm³/mol. The molecule has 0 spiro atoms. The Bertz CT molecular complexity index is 839. The number of nitrogens with zero attached hydrogens (tertiary/aromatic N) is 3. The zero-order valence-corrected chi connectivity index (χ0v) is 16.0. The van der Waals surface area contributed by atoms with Crippen molar-refractivity contribution < 1.29 is 8.42 Å². The molecular weight excluding hydrogens is 346 g/mol. The van der Waals surface area contributed by atoms with Crippen LogP contribution in [0.1, 0.15) is 67.7 Å². The zero-order valence-electron chi connectivity index (χ0n) is 15.2. The van der Waals surface area contributed by atoms with Gasteiger partial charge in [-0.15, -0.1) is 0 Å². The molecule has 0 amide bonds. The van der Waals surface area contributed by atoms with E-state index in [0.717, 1.165) is 37.3 Å². The van der Waals surface area contributed by atoms with E-state index < -0.39 is 9.84 Å². The molecule has 0 unspecified atom stereocenters. The van der Waals surface area contributed by atoms with E-state index >= 15 is 0 Å². The summed E-state index contributed by atoms with van der Waals surface area (Å²) in [7, 11) is -2.92. The number of hydrogen-bond acceptors (Lipinski definition) is 4. The Balaban J connectivity index is 1.57. The highest BCUT2D eigenvalue weighted by Crippen LogP contribution is 2.34. The molecule has 26 heavy (non-hydrogen) atoms. The zero-order chi connectivity index (χ0) is 18.0. The molecule has 0 N–H and O–H groups in total. The second kappa shape index (κ2) is 7.51. The lowest BCUT2D eigenvalue weighted by atomic mass is 9.95. The number of aromatic nitrogens is 3. The quantitative estimate of drug-likeness (QED) is 0.805. The van der Waals surface area contributed by atoms with Gasteiger partial charge in [0, 0.05) is 12.3 Å². The maximum Gasteiger partial charge on any atom is 0.151 e. The Morgan fingerprint density at radius 1 is 1.00 bits per heavy atom. The van der Waals surface area contributed by atoms with Crippen molar-refractivity contribution in [3.8, 4) is 0 Å². The molecule has 1 saturated carbocycles. The lowest BCUT2D eigenvalue weighted by Gasteiger charge is -2.24. The van der Waals surface area contributed by atoms with Crippen LogP contribution in [0, 0.1) is 0 Å². The first kappa shape index (κ1) is 17.7. The Kier molecular flexibility index (Phi) is 5.11. The van der Waals surface area contributed by atoms with E-state index in [2.05, 4.69) is 28.9 Å². The summed E-state index contributed by atoms with van der Waals surface area (Å²) in [6.45, 7) is 0. The van der Waals surface area contributed by atoms with Gasteiger partial charge >= 0.3 is 0 Å². The van der Waals surface area contributed by atoms with Crippen LogP contribution in [0.2, 0.25) is 0 Å². The first-order valence-corrected chi connectivity index (χ1v) is 11.6. The number of hydrogen-bond donors (Lipinski definition) is 0. The van der Waals surface area contributed by atoms with Crippen LogP contribution in [-0.4, -0.2) is 34.7 Å². The van der Waals surface area contributed by atoms with E-state index in [4.69, 9.17) is 10.1 Å². The molecule has 6 heteroatoms. The van der Waals surface area contributed by atoms with Crippen LogP contribution in [0.4, 0.5) is 0 Å². The molecule has 4 rings (SSSR count). The molecule has 5 nitrogen and oxygen atoms in total. The summed E-state index contributed by atoms with van der Waals surface area (Å²) in [5, 5.41) is 4.85. The molecule has 2 heterocycles. The van der Waals surface area contributed by atoms with Crippen molar-refractivity contribution in [2.75, 3.05) is 11.5 Å². The van der Waals surface area contributed by atoms with Crippen molar-refractivity contribution in [1.82, 2.24) is 14.8 Å². The second-order valence-corrected chi connectivity index (χ2v) is 9.94. The molecule has 1 aromatic heterocycles. The molecule has 140 valence electrons. The molecule has 2 fully saturated rings. The topological polar surface area (TPSA) is 64.8 Å². The van der Waals surface area contributed by atoms with Gasteiger partial charge in [0.2, 0.25) is 0 Å². The Labute approximate surface area is 155 Å². The minimum atomic E-state index is -2.92. The number of sulfone groups is 1. The molecule has 1 saturated heterocycles. The third kappa shape index (κ3) is 4.00. The molecule has 1 atom stereocenters. The third-order valence-corrected chi connectivity index (χ3v) is 7.47. The van der Waals surface area contributed by atoms with Gasteiger partial charge < -0.3 is 0 Å². The maximum atomic E-state index is 12.0. The monoisotopic (exact) mass is 373 g/mol. The van der Waals surface area contributed by atoms with Crippen LogP contribution in [-0.2, 0) is 22.7 Å². The van der Waals surface area contributed by atoms with E-state index in [1.54, 1.807) is 0 Å². The molecule has 1 aliphatic carbocycles. The third-order valence-electron chi connectivity index (χ3n) is 5.70. The maximum absolute atomic E-state index is 12.0. The van der Waals surface area contributed by atoms with Gasteiger partial charge in [-0.25, -0.2) is 18.1 Å². The Morgan fingerprint density at radius 3 is 2.46 bits per heavy atom. The largest absolute Gasteiger partial charge is 0.246 e. The van der Waals surface area contributed by atoms with E-state index in [1.807, 2.05) is 6.07 Å². The highest BCUT2D eigenvalue weighted by Gasteiger charge is 2.34. The fraction of sp³-hybridized carbons (Fsp3) is 0.600. The van der Waals surface area contributed by atoms with Crippen LogP contribution in [0.3, 0.4) is 0 Å². The number of rotatable bonds is 5. The molecule has 1 aliphatic heterocycles. The van der Waals surface area contributed by atoms with Crippen molar-refractivity contribution >= 4 is 9.84 Å². The first-order chi connectivity index (χ1) is 12.6. The average Bonchev–Trinajstić information content (AvgIpc) is 3.24. The first-order valence-electron chi connectivity index (χ1n) is 9.80. The van der Waals surface area contributed by atoms with Gasteiger partial charge in [0.15, 0.2) is 15.7 Å². The lowest BCUT2D eigenvalue weighted by Crippen LogP contribution is -2.19. The van der Waals surface area contributed by atoms with Crippen molar-refractivity contribution in [2.24, 2.45) is 0 Å². The smallest absolute Gasteiger partial charge is 0.151 e. The summed E-state index contributed by atoms with van der Waals surface area (Å²) in [4.78, 5) is 4.84. The van der Waals surface area contributed by atoms with Crippen molar-refractivity contribution in [1.29, 1.82) is 0 Å². The van der Waals surface area contributed by atoms with Crippen molar-refractivity contribution in [3.05, 3.63) is 47.5 Å². The highest BCUT2D eigenvalue weighted by molar-refractivity contribution is 7.91. The highest BCUT2D eigenvalue weighted by atomic mass is 32.2. The molecule has 0 bridgehead atoms. The van der Waals surface area contributed by atoms with Crippen LogP contribution >= 0.6 is 0 Å². The summed E-state index contributed by atoms with van der Waals surface area (Å²) in [5.74, 6) is 2.31. The van der Waals surface area contributed by atoms with Gasteiger partial charge in [0.1, 0.15) is 5.82 Å². The lowest BCUT2D eigenvalue weighted by molar-refractivity contribution is 0.316. The fourth-order valence-corrected chi connectivity index (χ4v) is 6.00. The summed E-state index contributed by atoms with van der Waals surface area (Å²) in [6.07, 6.45) is 8.42. The summed E-state index contributed by atoms with van der Waals surface area (Å²) >= 11 is 0. The number of benzene rings is 1. The van der Waals surface area contributed by atoms with Gasteiger partial charge in [-0.3, -0.25) is 0 Å². The summed E-state index contributed by atoms with van der Waals surface area (Å²) in [5.41, 5.74) is 1.28. The van der Waals surface area contributed by atoms with Gasteiger partial charge in [0.25, 0.3) is 0 Å². The van der Waals surface area contributed by atoms with E-state index in [1.165, 1.54) is 24.8 Å². The van der Waals surface area contributed by atoms with Gasteiger partial charge in [-0.2, -0.15) is 5.10 Å². The minimum absolute atomic E-state index is 0.0138. The SMILES string of the molecule is O=S1(=O)CC[C@@H](c2nc(CCc3ccccc3)nn2C2CCCCC2)C1. The molecule has 1 aromatic carbocycles. The Hall–Kier alpha value is -1.69. The van der Waals surface area contributed by atoms with E-state index in [0.29, 0.717) is 12.5 Å². The normalized spacial score (nSPS) is 23.3. The van der Waals surface area contributed by atoms with Crippen LogP contribution < -0.4 is 0 Å². The predicted octanol–water partition coefficient (Wildman–Crippen LogP) is 3.47. The summed E-state index contributed by atoms with van der Waals surface area (Å²) in [6, 6.07) is 10.8. The standard InChI is InChI=1S/C20H27N3O2S/c24-26(25)14-13-17(15-26)20-21-19(12-11-16-7-3-1-4-8-16)22-23(20)18-9-5-2-6-10-18/h1,3-4,7-8,17-18H,2,5-6,9-15H2/t17-/m1/s1. The van der Waals surface area contributed by atoms with Crippen molar-refractivity contribution in [2.45, 2.75) is 63.3 Å². The average molecular weight is 374 g/mol. The molecular formula is C20H27N3O2S. The minimum Gasteiger partial charge on any atom is -0.246 e. The van der Waals surface area contributed by atoms with Gasteiger partial charge in [-0.05, 0) is 31.2 Å². The van der Waals surface area contributed by atoms with Gasteiger partial charge in [0.05, 0.1) is 17.5 Å². The Morgan fingerprint density at radius 2 is 1.77 bits per heavy atom. The molecule has 0 radical (unpaired) electrons. The van der Waals surface area contributed by atoms with E-state index in [9.17, 15) is 8.42 Å². The van der Waals surface area contributed by atoms with Crippen LogP contribution in [0.25, 0.3) is 0 Å².